The van der Waals surface area contributed by atoms with Crippen LogP contribution in [0.1, 0.15) is 19.4 Å². The Balaban J connectivity index is 2.42. The molecule has 0 saturated heterocycles. The number of aliphatic hydroxyl groups excluding tert-OH is 1. The van der Waals surface area contributed by atoms with Crippen LogP contribution in [0.15, 0.2) is 18.5 Å². The maximum Gasteiger partial charge on any atom is 0.143 e. The highest BCUT2D eigenvalue weighted by Gasteiger charge is 2.03. The lowest BCUT2D eigenvalue weighted by atomic mass is 10.2. The minimum Gasteiger partial charge on any atom is -0.490 e. The van der Waals surface area contributed by atoms with E-state index in [4.69, 9.17) is 9.84 Å². The van der Waals surface area contributed by atoms with Gasteiger partial charge in [0.15, 0.2) is 0 Å². The van der Waals surface area contributed by atoms with E-state index in [0.29, 0.717) is 12.4 Å². The molecule has 0 aliphatic carbocycles. The molecule has 1 rings (SSSR count). The highest BCUT2D eigenvalue weighted by molar-refractivity contribution is 5.28. The third-order valence-corrected chi connectivity index (χ3v) is 2.60. The molecule has 4 heteroatoms. The summed E-state index contributed by atoms with van der Waals surface area (Å²) in [4.78, 5) is 6.27. The lowest BCUT2D eigenvalue weighted by Crippen LogP contribution is -2.28. The molecule has 90 valence electrons. The zero-order chi connectivity index (χ0) is 11.8. The summed E-state index contributed by atoms with van der Waals surface area (Å²) in [5.41, 5.74) is 0.787. The molecule has 0 saturated carbocycles. The van der Waals surface area contributed by atoms with Gasteiger partial charge in [0, 0.05) is 18.3 Å². The van der Waals surface area contributed by atoms with E-state index in [2.05, 4.69) is 23.7 Å². The molecule has 0 aliphatic heterocycles. The predicted molar refractivity (Wildman–Crippen MR) is 63.4 cm³/mol. The van der Waals surface area contributed by atoms with Crippen LogP contribution >= 0.6 is 0 Å². The van der Waals surface area contributed by atoms with E-state index >= 15 is 0 Å². The fourth-order valence-corrected chi connectivity index (χ4v) is 1.49. The number of ether oxygens (including phenoxy) is 1. The molecular formula is C12H20N2O2. The summed E-state index contributed by atoms with van der Waals surface area (Å²) in [5, 5.41) is 9.10. The van der Waals surface area contributed by atoms with Crippen molar-refractivity contribution in [2.45, 2.75) is 20.5 Å². The van der Waals surface area contributed by atoms with Crippen LogP contribution in [0, 0.1) is 0 Å². The zero-order valence-corrected chi connectivity index (χ0v) is 10.0. The lowest BCUT2D eigenvalue weighted by Gasteiger charge is -2.18. The topological polar surface area (TPSA) is 45.6 Å². The van der Waals surface area contributed by atoms with Crippen molar-refractivity contribution in [3.8, 4) is 5.75 Å². The van der Waals surface area contributed by atoms with Crippen LogP contribution in [0.25, 0.3) is 0 Å². The highest BCUT2D eigenvalue weighted by Crippen LogP contribution is 2.15. The van der Waals surface area contributed by atoms with Crippen LogP contribution in [-0.4, -0.2) is 41.2 Å². The average Bonchev–Trinajstić information content (AvgIpc) is 2.35. The van der Waals surface area contributed by atoms with Gasteiger partial charge in [-0.25, -0.2) is 0 Å². The minimum atomic E-state index is -0.0108. The molecule has 1 N–H and O–H groups in total. The van der Waals surface area contributed by atoms with Gasteiger partial charge in [-0.1, -0.05) is 13.8 Å². The SMILES string of the molecule is CCN(CC)CCOc1cnccc1CO. The first-order valence-electron chi connectivity index (χ1n) is 5.70. The molecular weight excluding hydrogens is 204 g/mol. The van der Waals surface area contributed by atoms with Crippen molar-refractivity contribution in [2.24, 2.45) is 0 Å². The van der Waals surface area contributed by atoms with Crippen LogP contribution in [0.4, 0.5) is 0 Å². The monoisotopic (exact) mass is 224 g/mol. The Hall–Kier alpha value is -1.13. The third-order valence-electron chi connectivity index (χ3n) is 2.60. The van der Waals surface area contributed by atoms with Crippen LogP contribution in [0.3, 0.4) is 0 Å². The van der Waals surface area contributed by atoms with Crippen LogP contribution in [0.5, 0.6) is 5.75 Å². The van der Waals surface area contributed by atoms with Crippen molar-refractivity contribution in [1.29, 1.82) is 0 Å². The maximum absolute atomic E-state index is 9.10. The highest BCUT2D eigenvalue weighted by atomic mass is 16.5. The van der Waals surface area contributed by atoms with Crippen LogP contribution in [0.2, 0.25) is 0 Å². The van der Waals surface area contributed by atoms with Gasteiger partial charge >= 0.3 is 0 Å². The molecule has 1 aromatic rings. The van der Waals surface area contributed by atoms with Crippen molar-refractivity contribution < 1.29 is 9.84 Å². The van der Waals surface area contributed by atoms with Crippen molar-refractivity contribution in [2.75, 3.05) is 26.2 Å². The molecule has 0 amide bonds. The Morgan fingerprint density at radius 1 is 1.38 bits per heavy atom. The van der Waals surface area contributed by atoms with Gasteiger partial charge in [-0.05, 0) is 19.2 Å². The normalized spacial score (nSPS) is 10.8. The number of aromatic nitrogens is 1. The van der Waals surface area contributed by atoms with E-state index in [-0.39, 0.29) is 6.61 Å². The fraction of sp³-hybridized carbons (Fsp3) is 0.583. The lowest BCUT2D eigenvalue weighted by molar-refractivity contribution is 0.215. The zero-order valence-electron chi connectivity index (χ0n) is 10.0. The summed E-state index contributed by atoms with van der Waals surface area (Å²) in [6, 6.07) is 1.77. The Kier molecular flexibility index (Phi) is 5.82. The molecule has 0 atom stereocenters. The van der Waals surface area contributed by atoms with E-state index in [1.807, 2.05) is 0 Å². The van der Waals surface area contributed by atoms with Gasteiger partial charge < -0.3 is 14.7 Å². The molecule has 0 fully saturated rings. The number of pyridine rings is 1. The Morgan fingerprint density at radius 3 is 2.75 bits per heavy atom. The second-order valence-corrected chi connectivity index (χ2v) is 3.52. The van der Waals surface area contributed by atoms with Crippen LogP contribution < -0.4 is 4.74 Å². The van der Waals surface area contributed by atoms with E-state index in [1.54, 1.807) is 18.5 Å². The van der Waals surface area contributed by atoms with Gasteiger partial charge in [0.2, 0.25) is 0 Å². The summed E-state index contributed by atoms with van der Waals surface area (Å²) in [7, 11) is 0. The van der Waals surface area contributed by atoms with E-state index < -0.39 is 0 Å². The summed E-state index contributed by atoms with van der Waals surface area (Å²) in [6.07, 6.45) is 3.30. The number of hydrogen-bond donors (Lipinski definition) is 1. The molecule has 0 radical (unpaired) electrons. The molecule has 0 unspecified atom stereocenters. The maximum atomic E-state index is 9.10. The molecule has 16 heavy (non-hydrogen) atoms. The van der Waals surface area contributed by atoms with Crippen molar-refractivity contribution >= 4 is 0 Å². The van der Waals surface area contributed by atoms with Gasteiger partial charge in [-0.2, -0.15) is 0 Å². The van der Waals surface area contributed by atoms with E-state index in [0.717, 1.165) is 25.2 Å². The van der Waals surface area contributed by atoms with Gasteiger partial charge in [0.05, 0.1) is 12.8 Å². The van der Waals surface area contributed by atoms with Crippen molar-refractivity contribution in [3.63, 3.8) is 0 Å². The summed E-state index contributed by atoms with van der Waals surface area (Å²) in [6.45, 7) is 7.83. The average molecular weight is 224 g/mol. The fourth-order valence-electron chi connectivity index (χ4n) is 1.49. The number of likely N-dealkylation sites (N-methyl/N-ethyl adjacent to an activating group) is 1. The van der Waals surface area contributed by atoms with Gasteiger partial charge in [0.1, 0.15) is 12.4 Å². The molecule has 0 bridgehead atoms. The number of nitrogens with zero attached hydrogens (tertiary/aromatic N) is 2. The smallest absolute Gasteiger partial charge is 0.143 e. The van der Waals surface area contributed by atoms with Gasteiger partial charge in [-0.3, -0.25) is 4.98 Å². The minimum absolute atomic E-state index is 0.0108. The Morgan fingerprint density at radius 2 is 2.12 bits per heavy atom. The second kappa shape index (κ2) is 7.19. The quantitative estimate of drug-likeness (QED) is 0.758. The van der Waals surface area contributed by atoms with Gasteiger partial charge in [-0.15, -0.1) is 0 Å². The van der Waals surface area contributed by atoms with E-state index in [1.165, 1.54) is 0 Å². The number of hydrogen-bond acceptors (Lipinski definition) is 4. The summed E-state index contributed by atoms with van der Waals surface area (Å²) >= 11 is 0. The molecule has 0 aromatic carbocycles. The van der Waals surface area contributed by atoms with Gasteiger partial charge in [0.25, 0.3) is 0 Å². The number of rotatable bonds is 7. The number of aliphatic hydroxyl groups is 1. The van der Waals surface area contributed by atoms with Crippen LogP contribution in [-0.2, 0) is 6.61 Å². The summed E-state index contributed by atoms with van der Waals surface area (Å²) in [5.74, 6) is 0.678. The first-order valence-corrected chi connectivity index (χ1v) is 5.70. The first-order chi connectivity index (χ1) is 7.81. The molecule has 4 nitrogen and oxygen atoms in total. The third kappa shape index (κ3) is 3.79. The molecule has 1 aromatic heterocycles. The first kappa shape index (κ1) is 12.9. The second-order valence-electron chi connectivity index (χ2n) is 3.52. The van der Waals surface area contributed by atoms with Crippen molar-refractivity contribution in [3.05, 3.63) is 24.0 Å². The predicted octanol–water partition coefficient (Wildman–Crippen LogP) is 1.29. The molecule has 0 aliphatic rings. The largest absolute Gasteiger partial charge is 0.490 e. The Labute approximate surface area is 96.9 Å². The molecule has 1 heterocycles. The standard InChI is InChI=1S/C12H20N2O2/c1-3-14(4-2)7-8-16-12-9-13-6-5-11(12)10-15/h5-6,9,15H,3-4,7-8,10H2,1-2H3. The summed E-state index contributed by atoms with van der Waals surface area (Å²) < 4.78 is 5.60. The molecule has 0 spiro atoms. The Bertz CT molecular complexity index is 301. The van der Waals surface area contributed by atoms with E-state index in [9.17, 15) is 0 Å². The van der Waals surface area contributed by atoms with Crippen molar-refractivity contribution in [1.82, 2.24) is 9.88 Å².